The molecule has 6 heteroatoms. The summed E-state index contributed by atoms with van der Waals surface area (Å²) < 4.78 is 5.10. The van der Waals surface area contributed by atoms with Crippen molar-refractivity contribution >= 4 is 5.70 Å². The van der Waals surface area contributed by atoms with Gasteiger partial charge in [-0.05, 0) is 64.8 Å². The lowest BCUT2D eigenvalue weighted by Gasteiger charge is -2.49. The van der Waals surface area contributed by atoms with Gasteiger partial charge in [-0.1, -0.05) is 0 Å². The van der Waals surface area contributed by atoms with Gasteiger partial charge in [-0.25, -0.2) is 0 Å². The molecule has 0 aromatic heterocycles. The van der Waals surface area contributed by atoms with Crippen molar-refractivity contribution in [2.24, 2.45) is 11.5 Å². The van der Waals surface area contributed by atoms with Crippen LogP contribution in [0.2, 0.25) is 0 Å². The van der Waals surface area contributed by atoms with Crippen LogP contribution in [0.5, 0.6) is 11.5 Å². The fraction of sp³-hybridized carbons (Fsp3) is 0.524. The average Bonchev–Trinajstić information content (AvgIpc) is 2.55. The molecular weight excluding hydrogens is 340 g/mol. The molecule has 0 saturated carbocycles. The molecule has 1 aromatic carbocycles. The predicted octanol–water partition coefficient (Wildman–Crippen LogP) is 2.74. The monoisotopic (exact) mass is 374 g/mol. The lowest BCUT2D eigenvalue weighted by Crippen LogP contribution is -2.61. The van der Waals surface area contributed by atoms with Crippen LogP contribution in [0.25, 0.3) is 5.70 Å². The summed E-state index contributed by atoms with van der Waals surface area (Å²) in [5, 5.41) is 13.8. The molecule has 0 spiro atoms. The number of allylic oxidation sites excluding steroid dienone is 2. The number of phenolic OH excluding ortho intramolecular Hbond substituents is 1. The summed E-state index contributed by atoms with van der Waals surface area (Å²) in [6.07, 6.45) is 5.52. The van der Waals surface area contributed by atoms with Crippen molar-refractivity contribution in [1.82, 2.24) is 10.2 Å². The van der Waals surface area contributed by atoms with E-state index < -0.39 is 0 Å². The number of phenols is 1. The van der Waals surface area contributed by atoms with Gasteiger partial charge < -0.3 is 31.5 Å². The Bertz CT molecular complexity index is 722. The highest BCUT2D eigenvalue weighted by atomic mass is 16.5. The van der Waals surface area contributed by atoms with Gasteiger partial charge in [0.15, 0.2) is 0 Å². The van der Waals surface area contributed by atoms with Gasteiger partial charge in [-0.3, -0.25) is 0 Å². The maximum absolute atomic E-state index is 10.1. The molecular formula is C21H34N4O2. The zero-order chi connectivity index (χ0) is 20.4. The third-order valence-corrected chi connectivity index (χ3v) is 5.07. The summed E-state index contributed by atoms with van der Waals surface area (Å²) in [4.78, 5) is 2.11. The lowest BCUT2D eigenvalue weighted by atomic mass is 9.79. The van der Waals surface area contributed by atoms with E-state index in [9.17, 15) is 5.11 Å². The molecule has 0 bridgehead atoms. The molecule has 0 unspecified atom stereocenters. The standard InChI is InChI=1S/C21H34N4O2/c1-20(2)12-14(13-21(3,4)24-20)25(5)19(23)10-9-17(22)16-8-7-15(27-6)11-18(16)26/h7-11,14,24,26H,12-13,22-23H2,1-6H3/b17-9-,19-10+. The number of rotatable bonds is 5. The van der Waals surface area contributed by atoms with Gasteiger partial charge in [0.05, 0.1) is 12.9 Å². The van der Waals surface area contributed by atoms with E-state index in [0.717, 1.165) is 12.8 Å². The second-order valence-corrected chi connectivity index (χ2v) is 8.66. The van der Waals surface area contributed by atoms with Crippen molar-refractivity contribution in [2.75, 3.05) is 14.2 Å². The minimum Gasteiger partial charge on any atom is -0.507 e. The molecule has 1 fully saturated rings. The Morgan fingerprint density at radius 3 is 2.30 bits per heavy atom. The number of nitrogens with zero attached hydrogens (tertiary/aromatic N) is 1. The van der Waals surface area contributed by atoms with Crippen LogP contribution in [0.4, 0.5) is 0 Å². The fourth-order valence-corrected chi connectivity index (χ4v) is 4.02. The van der Waals surface area contributed by atoms with E-state index in [4.69, 9.17) is 16.2 Å². The Hall–Kier alpha value is -2.34. The van der Waals surface area contributed by atoms with E-state index in [1.807, 2.05) is 7.05 Å². The zero-order valence-electron chi connectivity index (χ0n) is 17.3. The summed E-state index contributed by atoms with van der Waals surface area (Å²) in [6, 6.07) is 5.35. The first kappa shape index (κ1) is 21.0. The van der Waals surface area contributed by atoms with Gasteiger partial charge in [-0.2, -0.15) is 0 Å². The van der Waals surface area contributed by atoms with Crippen LogP contribution in [0, 0.1) is 0 Å². The fourth-order valence-electron chi connectivity index (χ4n) is 4.02. The van der Waals surface area contributed by atoms with Crippen LogP contribution in [0.15, 0.2) is 36.2 Å². The Morgan fingerprint density at radius 1 is 1.19 bits per heavy atom. The van der Waals surface area contributed by atoms with E-state index in [2.05, 4.69) is 37.9 Å². The number of methoxy groups -OCH3 is 1. The van der Waals surface area contributed by atoms with Gasteiger partial charge in [-0.15, -0.1) is 0 Å². The van der Waals surface area contributed by atoms with Crippen LogP contribution >= 0.6 is 0 Å². The number of piperidine rings is 1. The van der Waals surface area contributed by atoms with Crippen LogP contribution in [0.1, 0.15) is 46.1 Å². The van der Waals surface area contributed by atoms with Crippen molar-refractivity contribution in [2.45, 2.75) is 57.7 Å². The molecule has 27 heavy (non-hydrogen) atoms. The molecule has 1 aliphatic rings. The highest BCUT2D eigenvalue weighted by molar-refractivity contribution is 5.69. The number of benzene rings is 1. The van der Waals surface area contributed by atoms with Crippen molar-refractivity contribution in [1.29, 1.82) is 0 Å². The number of aromatic hydroxyl groups is 1. The van der Waals surface area contributed by atoms with E-state index in [-0.39, 0.29) is 16.8 Å². The summed E-state index contributed by atoms with van der Waals surface area (Å²) in [5.41, 5.74) is 13.5. The van der Waals surface area contributed by atoms with Gasteiger partial charge in [0.25, 0.3) is 0 Å². The molecule has 0 radical (unpaired) electrons. The van der Waals surface area contributed by atoms with Crippen molar-refractivity contribution < 1.29 is 9.84 Å². The van der Waals surface area contributed by atoms with Crippen LogP contribution in [-0.4, -0.2) is 41.3 Å². The van der Waals surface area contributed by atoms with E-state index >= 15 is 0 Å². The summed E-state index contributed by atoms with van der Waals surface area (Å²) in [7, 11) is 3.57. The second kappa shape index (κ2) is 7.72. The molecule has 150 valence electrons. The first-order valence-corrected chi connectivity index (χ1v) is 9.26. The third-order valence-electron chi connectivity index (χ3n) is 5.07. The normalized spacial score (nSPS) is 20.4. The maximum Gasteiger partial charge on any atom is 0.128 e. The minimum atomic E-state index is 0.0463. The maximum atomic E-state index is 10.1. The van der Waals surface area contributed by atoms with Crippen LogP contribution < -0.4 is 21.5 Å². The van der Waals surface area contributed by atoms with Gasteiger partial charge in [0.2, 0.25) is 0 Å². The molecule has 2 rings (SSSR count). The molecule has 6 N–H and O–H groups in total. The van der Waals surface area contributed by atoms with Gasteiger partial charge in [0, 0.05) is 41.5 Å². The molecule has 0 atom stereocenters. The Morgan fingerprint density at radius 2 is 1.78 bits per heavy atom. The number of hydrogen-bond acceptors (Lipinski definition) is 6. The third kappa shape index (κ3) is 5.32. The first-order valence-electron chi connectivity index (χ1n) is 9.26. The summed E-state index contributed by atoms with van der Waals surface area (Å²) >= 11 is 0. The number of ether oxygens (including phenoxy) is 1. The topological polar surface area (TPSA) is 96.8 Å². The molecule has 1 heterocycles. The molecule has 1 aliphatic heterocycles. The summed E-state index contributed by atoms with van der Waals surface area (Å²) in [6.45, 7) is 8.88. The number of nitrogens with one attached hydrogen (secondary N) is 1. The zero-order valence-corrected chi connectivity index (χ0v) is 17.3. The quantitative estimate of drug-likeness (QED) is 0.592. The van der Waals surface area contributed by atoms with Crippen LogP contribution in [0.3, 0.4) is 0 Å². The lowest BCUT2D eigenvalue weighted by molar-refractivity contribution is 0.0981. The van der Waals surface area contributed by atoms with E-state index in [0.29, 0.717) is 28.9 Å². The van der Waals surface area contributed by atoms with Gasteiger partial charge >= 0.3 is 0 Å². The largest absolute Gasteiger partial charge is 0.507 e. The Kier molecular flexibility index (Phi) is 6.00. The second-order valence-electron chi connectivity index (χ2n) is 8.66. The van der Waals surface area contributed by atoms with Crippen molar-refractivity contribution in [3.63, 3.8) is 0 Å². The minimum absolute atomic E-state index is 0.0463. The van der Waals surface area contributed by atoms with Crippen molar-refractivity contribution in [3.05, 3.63) is 41.7 Å². The SMILES string of the molecule is COc1ccc(/C(N)=C/C=C(\N)N(C)C2CC(C)(C)NC(C)(C)C2)c(O)c1. The molecule has 1 aromatic rings. The van der Waals surface area contributed by atoms with E-state index in [1.54, 1.807) is 31.4 Å². The number of nitrogens with two attached hydrogens (primary N) is 2. The van der Waals surface area contributed by atoms with E-state index in [1.165, 1.54) is 6.07 Å². The number of hydrogen-bond donors (Lipinski definition) is 4. The Balaban J connectivity index is 2.17. The Labute approximate surface area is 162 Å². The molecule has 0 aliphatic carbocycles. The highest BCUT2D eigenvalue weighted by Crippen LogP contribution is 2.32. The van der Waals surface area contributed by atoms with Gasteiger partial charge in [0.1, 0.15) is 11.5 Å². The van der Waals surface area contributed by atoms with Crippen molar-refractivity contribution in [3.8, 4) is 11.5 Å². The molecule has 1 saturated heterocycles. The highest BCUT2D eigenvalue weighted by Gasteiger charge is 2.39. The average molecular weight is 375 g/mol. The predicted molar refractivity (Wildman–Crippen MR) is 111 cm³/mol. The smallest absolute Gasteiger partial charge is 0.128 e. The first-order chi connectivity index (χ1) is 12.4. The molecule has 6 nitrogen and oxygen atoms in total. The molecule has 0 amide bonds. The van der Waals surface area contributed by atoms with Crippen LogP contribution in [-0.2, 0) is 0 Å². The summed E-state index contributed by atoms with van der Waals surface area (Å²) in [5.74, 6) is 1.30.